The van der Waals surface area contributed by atoms with Crippen molar-refractivity contribution in [1.82, 2.24) is 0 Å². The molecule has 1 aromatic rings. The highest BCUT2D eigenvalue weighted by Crippen LogP contribution is 2.26. The van der Waals surface area contributed by atoms with Crippen molar-refractivity contribution in [3.05, 3.63) is 23.8 Å². The summed E-state index contributed by atoms with van der Waals surface area (Å²) < 4.78 is 15.0. The molecule has 1 unspecified atom stereocenters. The summed E-state index contributed by atoms with van der Waals surface area (Å²) in [6.45, 7) is 3.60. The maximum atomic E-state index is 12.5. The third kappa shape index (κ3) is 3.50. The van der Waals surface area contributed by atoms with Crippen LogP contribution >= 0.6 is 0 Å². The van der Waals surface area contributed by atoms with E-state index < -0.39 is 11.9 Å². The Morgan fingerprint density at radius 3 is 1.80 bits per heavy atom. The molecule has 5 nitrogen and oxygen atoms in total. The van der Waals surface area contributed by atoms with E-state index in [0.717, 1.165) is 0 Å². The molecule has 0 aliphatic rings. The standard InChI is InChI=1S/C15H20O5/c1-9(2)13(15(17)20-5)14(16)10-6-11(18-3)8-12(7-10)19-4/h6-9,13H,1-5H3. The molecule has 1 atom stereocenters. The molecular formula is C15H20O5. The minimum atomic E-state index is -0.836. The van der Waals surface area contributed by atoms with Crippen molar-refractivity contribution >= 4 is 11.8 Å². The second-order valence-electron chi connectivity index (χ2n) is 4.71. The summed E-state index contributed by atoms with van der Waals surface area (Å²) in [4.78, 5) is 24.3. The molecule has 0 saturated heterocycles. The van der Waals surface area contributed by atoms with Gasteiger partial charge in [0, 0.05) is 11.6 Å². The number of methoxy groups -OCH3 is 3. The second-order valence-corrected chi connectivity index (χ2v) is 4.71. The van der Waals surface area contributed by atoms with E-state index in [-0.39, 0.29) is 11.7 Å². The average Bonchev–Trinajstić information content (AvgIpc) is 2.45. The van der Waals surface area contributed by atoms with Crippen LogP contribution in [0.25, 0.3) is 0 Å². The molecule has 0 fully saturated rings. The number of esters is 1. The summed E-state index contributed by atoms with van der Waals surface area (Å²) in [6.07, 6.45) is 0. The lowest BCUT2D eigenvalue weighted by atomic mass is 9.88. The molecular weight excluding hydrogens is 260 g/mol. The van der Waals surface area contributed by atoms with Gasteiger partial charge in [0.05, 0.1) is 21.3 Å². The summed E-state index contributed by atoms with van der Waals surface area (Å²) in [6, 6.07) is 4.84. The zero-order valence-corrected chi connectivity index (χ0v) is 12.4. The summed E-state index contributed by atoms with van der Waals surface area (Å²) in [5.41, 5.74) is 0.366. The zero-order chi connectivity index (χ0) is 15.3. The van der Waals surface area contributed by atoms with Crippen LogP contribution < -0.4 is 9.47 Å². The first-order valence-electron chi connectivity index (χ1n) is 6.29. The first-order valence-corrected chi connectivity index (χ1v) is 6.29. The molecule has 5 heteroatoms. The first-order chi connectivity index (χ1) is 9.44. The van der Waals surface area contributed by atoms with Gasteiger partial charge in [-0.05, 0) is 18.1 Å². The van der Waals surface area contributed by atoms with Gasteiger partial charge in [0.1, 0.15) is 17.4 Å². The molecule has 0 aliphatic carbocycles. The van der Waals surface area contributed by atoms with Crippen molar-refractivity contribution in [2.45, 2.75) is 13.8 Å². The Kier molecular flexibility index (Phi) is 5.55. The third-order valence-electron chi connectivity index (χ3n) is 3.04. The monoisotopic (exact) mass is 280 g/mol. The highest BCUT2D eigenvalue weighted by molar-refractivity contribution is 6.09. The Bertz CT molecular complexity index is 471. The maximum Gasteiger partial charge on any atom is 0.316 e. The van der Waals surface area contributed by atoms with Crippen LogP contribution in [-0.4, -0.2) is 33.1 Å². The van der Waals surface area contributed by atoms with E-state index in [4.69, 9.17) is 14.2 Å². The van der Waals surface area contributed by atoms with Gasteiger partial charge in [-0.15, -0.1) is 0 Å². The normalized spacial score (nSPS) is 11.9. The highest BCUT2D eigenvalue weighted by atomic mass is 16.5. The minimum Gasteiger partial charge on any atom is -0.497 e. The SMILES string of the molecule is COC(=O)C(C(=O)c1cc(OC)cc(OC)c1)C(C)C. The molecule has 0 amide bonds. The molecule has 0 radical (unpaired) electrons. The fourth-order valence-electron chi connectivity index (χ4n) is 1.94. The Balaban J connectivity index is 3.20. The van der Waals surface area contributed by atoms with Crippen molar-refractivity contribution in [1.29, 1.82) is 0 Å². The van der Waals surface area contributed by atoms with Crippen molar-refractivity contribution in [2.24, 2.45) is 11.8 Å². The first kappa shape index (κ1) is 16.0. The topological polar surface area (TPSA) is 61.8 Å². The van der Waals surface area contributed by atoms with Crippen LogP contribution in [0.4, 0.5) is 0 Å². The smallest absolute Gasteiger partial charge is 0.316 e. The number of Topliss-reactive ketones (excluding diaryl/α,β-unsaturated/α-hetero) is 1. The molecule has 1 rings (SSSR count). The van der Waals surface area contributed by atoms with Crippen molar-refractivity contribution in [3.63, 3.8) is 0 Å². The van der Waals surface area contributed by atoms with Crippen LogP contribution in [0.1, 0.15) is 24.2 Å². The van der Waals surface area contributed by atoms with Gasteiger partial charge < -0.3 is 14.2 Å². The summed E-state index contributed by atoms with van der Waals surface area (Å²) >= 11 is 0. The van der Waals surface area contributed by atoms with Crippen molar-refractivity contribution < 1.29 is 23.8 Å². The van der Waals surface area contributed by atoms with Gasteiger partial charge in [0.25, 0.3) is 0 Å². The van der Waals surface area contributed by atoms with Gasteiger partial charge in [-0.2, -0.15) is 0 Å². The predicted molar refractivity (Wildman–Crippen MR) is 74.2 cm³/mol. The van der Waals surface area contributed by atoms with Crippen LogP contribution in [-0.2, 0) is 9.53 Å². The van der Waals surface area contributed by atoms with E-state index in [1.165, 1.54) is 21.3 Å². The molecule has 20 heavy (non-hydrogen) atoms. The molecule has 0 aliphatic heterocycles. The van der Waals surface area contributed by atoms with Gasteiger partial charge >= 0.3 is 5.97 Å². The van der Waals surface area contributed by atoms with E-state index in [1.807, 2.05) is 0 Å². The predicted octanol–water partition coefficient (Wildman–Crippen LogP) is 2.33. The van der Waals surface area contributed by atoms with E-state index in [0.29, 0.717) is 17.1 Å². The summed E-state index contributed by atoms with van der Waals surface area (Å²) in [5, 5.41) is 0. The fourth-order valence-corrected chi connectivity index (χ4v) is 1.94. The lowest BCUT2D eigenvalue weighted by molar-refractivity contribution is -0.144. The molecule has 0 aromatic heterocycles. The Morgan fingerprint density at radius 1 is 0.950 bits per heavy atom. The lowest BCUT2D eigenvalue weighted by Crippen LogP contribution is -2.30. The Labute approximate surface area is 118 Å². The number of ketones is 1. The number of ether oxygens (including phenoxy) is 3. The molecule has 0 N–H and O–H groups in total. The molecule has 0 saturated carbocycles. The summed E-state index contributed by atoms with van der Waals surface area (Å²) in [5.74, 6) is -0.833. The number of carbonyl (C=O) groups excluding carboxylic acids is 2. The molecule has 0 heterocycles. The van der Waals surface area contributed by atoms with Gasteiger partial charge in [0.2, 0.25) is 0 Å². The molecule has 110 valence electrons. The van der Waals surface area contributed by atoms with Crippen LogP contribution in [0, 0.1) is 11.8 Å². The third-order valence-corrected chi connectivity index (χ3v) is 3.04. The second kappa shape index (κ2) is 6.93. The zero-order valence-electron chi connectivity index (χ0n) is 12.4. The number of rotatable bonds is 6. The average molecular weight is 280 g/mol. The highest BCUT2D eigenvalue weighted by Gasteiger charge is 2.32. The van der Waals surface area contributed by atoms with E-state index >= 15 is 0 Å². The lowest BCUT2D eigenvalue weighted by Gasteiger charge is -2.17. The number of hydrogen-bond donors (Lipinski definition) is 0. The van der Waals surface area contributed by atoms with Crippen LogP contribution in [0.15, 0.2) is 18.2 Å². The minimum absolute atomic E-state index is 0.160. The molecule has 0 bridgehead atoms. The van der Waals surface area contributed by atoms with Gasteiger partial charge in [0.15, 0.2) is 5.78 Å². The number of hydrogen-bond acceptors (Lipinski definition) is 5. The van der Waals surface area contributed by atoms with E-state index in [9.17, 15) is 9.59 Å². The molecule has 0 spiro atoms. The largest absolute Gasteiger partial charge is 0.497 e. The van der Waals surface area contributed by atoms with E-state index in [1.54, 1.807) is 32.0 Å². The van der Waals surface area contributed by atoms with E-state index in [2.05, 4.69) is 0 Å². The quantitative estimate of drug-likeness (QED) is 0.454. The van der Waals surface area contributed by atoms with Crippen molar-refractivity contribution in [3.8, 4) is 11.5 Å². The number of carbonyl (C=O) groups is 2. The van der Waals surface area contributed by atoms with Crippen molar-refractivity contribution in [2.75, 3.05) is 21.3 Å². The number of benzene rings is 1. The Hall–Kier alpha value is -2.04. The van der Waals surface area contributed by atoms with Gasteiger partial charge in [-0.1, -0.05) is 13.8 Å². The van der Waals surface area contributed by atoms with Gasteiger partial charge in [-0.25, -0.2) is 0 Å². The fraction of sp³-hybridized carbons (Fsp3) is 0.467. The Morgan fingerprint density at radius 2 is 1.45 bits per heavy atom. The molecule has 1 aromatic carbocycles. The van der Waals surface area contributed by atoms with Crippen LogP contribution in [0.2, 0.25) is 0 Å². The van der Waals surface area contributed by atoms with Gasteiger partial charge in [-0.3, -0.25) is 9.59 Å². The van der Waals surface area contributed by atoms with Crippen LogP contribution in [0.5, 0.6) is 11.5 Å². The summed E-state index contributed by atoms with van der Waals surface area (Å²) in [7, 11) is 4.28. The van der Waals surface area contributed by atoms with Crippen LogP contribution in [0.3, 0.4) is 0 Å². The maximum absolute atomic E-state index is 12.5.